The third kappa shape index (κ3) is 12.1. The molecule has 1 N–H and O–H groups in total. The zero-order chi connectivity index (χ0) is 35.0. The van der Waals surface area contributed by atoms with Crippen LogP contribution in [0.3, 0.4) is 0 Å². The Labute approximate surface area is 318 Å². The van der Waals surface area contributed by atoms with Crippen molar-refractivity contribution in [2.45, 2.75) is 26.8 Å². The van der Waals surface area contributed by atoms with E-state index in [1.54, 1.807) is 0 Å². The molecule has 1 aliphatic rings. The molecule has 6 aromatic rings. The Morgan fingerprint density at radius 1 is 0.600 bits per heavy atom. The molecule has 1 atom stereocenters. The smallest absolute Gasteiger partial charge is 0.457 e. The van der Waals surface area contributed by atoms with Crippen molar-refractivity contribution >= 4 is 11.6 Å². The van der Waals surface area contributed by atoms with Crippen LogP contribution in [0, 0.1) is 41.5 Å². The molecule has 0 amide bonds. The van der Waals surface area contributed by atoms with Gasteiger partial charge in [0.1, 0.15) is 11.5 Å². The maximum absolute atomic E-state index is 10.7. The van der Waals surface area contributed by atoms with Crippen LogP contribution < -0.4 is 15.0 Å². The molecule has 5 heteroatoms. The maximum atomic E-state index is 10.7. The zero-order valence-corrected chi connectivity index (χ0v) is 31.7. The van der Waals surface area contributed by atoms with E-state index in [9.17, 15) is 5.41 Å². The molecular formula is C45H45N3OZr. The standard InChI is InChI=1S/C24H24N3O.3C7H7.Zr/c1-16-13-17(2)23(18(3)14-16)21-15-26-24(25)27(21)20-11-7-8-12-22(20)28-19-9-5-4-6-10-19;3*1-7-5-3-2-4-6-7;/h4-14,21H,15H2,1-3H3,(H-,25,26);3*2-6H,1H2;/q4*-1;+4. The zero-order valence-electron chi connectivity index (χ0n) is 29.2. The van der Waals surface area contributed by atoms with E-state index in [4.69, 9.17) is 4.74 Å². The van der Waals surface area contributed by atoms with Gasteiger partial charge in [0.05, 0.1) is 0 Å². The number of anilines is 1. The van der Waals surface area contributed by atoms with Gasteiger partial charge in [0.25, 0.3) is 0 Å². The molecule has 1 saturated heterocycles. The summed E-state index contributed by atoms with van der Waals surface area (Å²) in [6, 6.07) is 51.5. The number of hydrogen-bond donors (Lipinski definition) is 1. The van der Waals surface area contributed by atoms with Crippen LogP contribution in [0.5, 0.6) is 11.5 Å². The predicted octanol–water partition coefficient (Wildman–Crippen LogP) is 11.1. The summed E-state index contributed by atoms with van der Waals surface area (Å²) in [6.07, 6.45) is 0. The normalized spacial score (nSPS) is 12.7. The fourth-order valence-corrected chi connectivity index (χ4v) is 5.53. The van der Waals surface area contributed by atoms with Gasteiger partial charge in [-0.1, -0.05) is 66.2 Å². The Bertz CT molecular complexity index is 1750. The van der Waals surface area contributed by atoms with Crippen molar-refractivity contribution in [2.75, 3.05) is 11.4 Å². The molecule has 0 bridgehead atoms. The molecule has 1 unspecified atom stereocenters. The van der Waals surface area contributed by atoms with Crippen molar-refractivity contribution in [3.8, 4) is 11.5 Å². The molecule has 50 heavy (non-hydrogen) atoms. The van der Waals surface area contributed by atoms with Crippen LogP contribution >= 0.6 is 0 Å². The third-order valence-electron chi connectivity index (χ3n) is 7.69. The minimum Gasteiger partial charge on any atom is -0.457 e. The van der Waals surface area contributed by atoms with Crippen molar-refractivity contribution in [3.63, 3.8) is 0 Å². The van der Waals surface area contributed by atoms with Crippen molar-refractivity contribution in [2.24, 2.45) is 0 Å². The number of rotatable bonds is 4. The van der Waals surface area contributed by atoms with Crippen LogP contribution in [0.4, 0.5) is 5.69 Å². The van der Waals surface area contributed by atoms with E-state index in [-0.39, 0.29) is 38.2 Å². The number of aryl methyl sites for hydroxylation is 3. The molecule has 0 radical (unpaired) electrons. The summed E-state index contributed by atoms with van der Waals surface area (Å²) in [5, 5.41) is 13.8. The van der Waals surface area contributed by atoms with Crippen LogP contribution in [-0.4, -0.2) is 12.5 Å². The fourth-order valence-electron chi connectivity index (χ4n) is 5.53. The number of guanidine groups is 1. The molecule has 0 spiro atoms. The number of para-hydroxylation sites is 3. The minimum absolute atomic E-state index is 0. The predicted molar refractivity (Wildman–Crippen MR) is 208 cm³/mol. The second-order valence-corrected chi connectivity index (χ2v) is 11.7. The summed E-state index contributed by atoms with van der Waals surface area (Å²) >= 11 is 0. The Morgan fingerprint density at radius 3 is 1.42 bits per heavy atom. The quantitative estimate of drug-likeness (QED) is 0.183. The van der Waals surface area contributed by atoms with E-state index in [1.165, 1.54) is 22.3 Å². The van der Waals surface area contributed by atoms with Crippen LogP contribution in [0.15, 0.2) is 158 Å². The molecule has 4 nitrogen and oxygen atoms in total. The molecule has 0 aromatic heterocycles. The van der Waals surface area contributed by atoms with E-state index in [0.29, 0.717) is 12.3 Å². The van der Waals surface area contributed by atoms with Gasteiger partial charge < -0.3 is 20.4 Å². The van der Waals surface area contributed by atoms with Crippen LogP contribution in [0.25, 0.3) is 5.41 Å². The molecular weight excluding hydrogens is 690 g/mol. The summed E-state index contributed by atoms with van der Waals surface area (Å²) in [7, 11) is 0. The fraction of sp³-hybridized carbons (Fsp3) is 0.111. The monoisotopic (exact) mass is 733 g/mol. The van der Waals surface area contributed by atoms with E-state index in [2.05, 4.69) is 59.0 Å². The first-order valence-corrected chi connectivity index (χ1v) is 16.3. The Kier molecular flexibility index (Phi) is 16.1. The van der Waals surface area contributed by atoms with Crippen LogP contribution in [0.2, 0.25) is 0 Å². The third-order valence-corrected chi connectivity index (χ3v) is 7.69. The van der Waals surface area contributed by atoms with Gasteiger partial charge in [-0.25, -0.2) is 0 Å². The van der Waals surface area contributed by atoms with Crippen molar-refractivity contribution in [1.82, 2.24) is 5.32 Å². The number of benzene rings is 6. The van der Waals surface area contributed by atoms with Gasteiger partial charge >= 0.3 is 26.2 Å². The SMILES string of the molecule is Cc1cc(C)c(C2CNC(=[N-])N2c2ccccc2Oc2ccccc2)c(C)c1.[CH2-]c1ccccc1.[CH2-]c1ccccc1.[CH2-]c1ccccc1.[Zr+4]. The van der Waals surface area contributed by atoms with Crippen LogP contribution in [-0.2, 0) is 26.2 Å². The Morgan fingerprint density at radius 2 is 1.00 bits per heavy atom. The average molecular weight is 735 g/mol. The first kappa shape index (κ1) is 39.3. The number of ether oxygens (including phenoxy) is 1. The van der Waals surface area contributed by atoms with Gasteiger partial charge in [-0.05, 0) is 68.3 Å². The van der Waals surface area contributed by atoms with Crippen molar-refractivity contribution in [3.05, 3.63) is 223 Å². The molecule has 6 aromatic carbocycles. The molecule has 1 heterocycles. The maximum Gasteiger partial charge on any atom is 4.00 e. The summed E-state index contributed by atoms with van der Waals surface area (Å²) in [5.41, 5.74) is 8.98. The average Bonchev–Trinajstić information content (AvgIpc) is 3.47. The first-order valence-electron chi connectivity index (χ1n) is 16.3. The number of hydrogen-bond acceptors (Lipinski definition) is 1. The first-order chi connectivity index (χ1) is 23.7. The van der Waals surface area contributed by atoms with Crippen molar-refractivity contribution < 1.29 is 30.9 Å². The summed E-state index contributed by atoms with van der Waals surface area (Å²) in [5.74, 6) is 1.62. The van der Waals surface area contributed by atoms with Crippen LogP contribution in [0.1, 0.15) is 45.0 Å². The van der Waals surface area contributed by atoms with E-state index in [1.807, 2.05) is 150 Å². The number of nitrogens with zero attached hydrogens (tertiary/aromatic N) is 2. The van der Waals surface area contributed by atoms with E-state index in [0.717, 1.165) is 28.1 Å². The molecule has 1 aliphatic heterocycles. The van der Waals surface area contributed by atoms with Gasteiger partial charge in [0.2, 0.25) is 0 Å². The molecule has 7 rings (SSSR count). The topological polar surface area (TPSA) is 46.8 Å². The van der Waals surface area contributed by atoms with E-state index < -0.39 is 0 Å². The molecule has 0 aliphatic carbocycles. The van der Waals surface area contributed by atoms with Crippen molar-refractivity contribution in [1.29, 1.82) is 0 Å². The molecule has 250 valence electrons. The summed E-state index contributed by atoms with van der Waals surface area (Å²) in [4.78, 5) is 1.93. The molecule has 1 fully saturated rings. The van der Waals surface area contributed by atoms with Gasteiger partial charge in [-0.2, -0.15) is 73.9 Å². The minimum atomic E-state index is -0.0128. The molecule has 0 saturated carbocycles. The Balaban J connectivity index is 0.000000247. The van der Waals surface area contributed by atoms with Gasteiger partial charge in [0.15, 0.2) is 0 Å². The van der Waals surface area contributed by atoms with Gasteiger partial charge in [-0.3, -0.25) is 0 Å². The Hall–Kier alpha value is -5.12. The second kappa shape index (κ2) is 20.4. The van der Waals surface area contributed by atoms with E-state index >= 15 is 0 Å². The van der Waals surface area contributed by atoms with Gasteiger partial charge in [0, 0.05) is 17.7 Å². The largest absolute Gasteiger partial charge is 4.00 e. The summed E-state index contributed by atoms with van der Waals surface area (Å²) < 4.78 is 6.14. The number of nitrogens with one attached hydrogen (secondary N) is 1. The van der Waals surface area contributed by atoms with Gasteiger partial charge in [-0.15, -0.1) is 36.4 Å². The summed E-state index contributed by atoms with van der Waals surface area (Å²) in [6.45, 7) is 18.2. The second-order valence-electron chi connectivity index (χ2n) is 11.7.